The summed E-state index contributed by atoms with van der Waals surface area (Å²) in [6, 6.07) is 5.87. The van der Waals surface area contributed by atoms with Crippen molar-refractivity contribution in [3.8, 4) is 0 Å². The second-order valence-corrected chi connectivity index (χ2v) is 8.95. The Balaban J connectivity index is 1.34. The molecule has 0 aromatic carbocycles. The monoisotopic (exact) mass is 419 g/mol. The summed E-state index contributed by atoms with van der Waals surface area (Å²) in [5.41, 5.74) is 3.00. The second-order valence-electron chi connectivity index (χ2n) is 7.50. The molecule has 2 N–H and O–H groups in total. The Morgan fingerprint density at radius 2 is 2.17 bits per heavy atom. The van der Waals surface area contributed by atoms with Crippen LogP contribution in [0.2, 0.25) is 0 Å². The summed E-state index contributed by atoms with van der Waals surface area (Å²) in [6.45, 7) is 3.41. The highest BCUT2D eigenvalue weighted by molar-refractivity contribution is 7.91. The zero-order valence-electron chi connectivity index (χ0n) is 16.6. The number of rotatable bonds is 11. The van der Waals surface area contributed by atoms with Gasteiger partial charge in [0.2, 0.25) is 0 Å². The highest BCUT2D eigenvalue weighted by atomic mass is 32.2. The molecule has 0 bridgehead atoms. The molecule has 2 unspecified atom stereocenters. The van der Waals surface area contributed by atoms with Crippen LogP contribution in [-0.4, -0.2) is 56.9 Å². The maximum atomic E-state index is 12.0. The molecule has 3 heterocycles. The molecule has 0 saturated carbocycles. The first-order valence-corrected chi connectivity index (χ1v) is 11.5. The normalized spacial score (nSPS) is 16.6. The number of carbonyl (C=O) groups excluding carboxylic acids is 1. The van der Waals surface area contributed by atoms with E-state index in [1.165, 1.54) is 30.9 Å². The van der Waals surface area contributed by atoms with E-state index >= 15 is 0 Å². The van der Waals surface area contributed by atoms with Gasteiger partial charge in [-0.3, -0.25) is 14.7 Å². The third-order valence-corrected chi connectivity index (χ3v) is 6.19. The number of aryl methyl sites for hydroxylation is 1. The van der Waals surface area contributed by atoms with E-state index in [0.29, 0.717) is 12.8 Å². The largest absolute Gasteiger partial charge is 0.616 e. The molecule has 2 atom stereocenters. The average Bonchev–Trinajstić information content (AvgIpc) is 3.39. The maximum Gasteiger partial charge on any atom is 0.270 e. The number of nitrogens with zero attached hydrogens (tertiary/aromatic N) is 2. The zero-order valence-corrected chi connectivity index (χ0v) is 17.4. The minimum absolute atomic E-state index is 0.0853. The second kappa shape index (κ2) is 11.3. The van der Waals surface area contributed by atoms with Gasteiger partial charge in [-0.2, -0.15) is 0 Å². The first kappa shape index (κ1) is 21.8. The third-order valence-electron chi connectivity index (χ3n) is 4.95. The van der Waals surface area contributed by atoms with Gasteiger partial charge in [-0.05, 0) is 73.7 Å². The van der Waals surface area contributed by atoms with Crippen molar-refractivity contribution in [2.75, 3.05) is 25.4 Å². The lowest BCUT2D eigenvalue weighted by molar-refractivity contribution is -0.119. The molecule has 1 saturated heterocycles. The number of aliphatic hydroxyl groups excluding tert-OH is 1. The van der Waals surface area contributed by atoms with Crippen LogP contribution in [0, 0.1) is 0 Å². The van der Waals surface area contributed by atoms with Gasteiger partial charge in [0.05, 0.1) is 18.6 Å². The molecule has 29 heavy (non-hydrogen) atoms. The van der Waals surface area contributed by atoms with Gasteiger partial charge in [0.15, 0.2) is 5.75 Å². The molecule has 1 amide bonds. The Hall–Kier alpha value is -1.87. The number of hydrogen-bond acceptors (Lipinski definition) is 6. The number of pyridine rings is 1. The lowest BCUT2D eigenvalue weighted by Gasteiger charge is -2.15. The first-order valence-electron chi connectivity index (χ1n) is 10.1. The van der Waals surface area contributed by atoms with Crippen molar-refractivity contribution in [3.05, 3.63) is 53.7 Å². The summed E-state index contributed by atoms with van der Waals surface area (Å²) in [5, 5.41) is 12.8. The summed E-state index contributed by atoms with van der Waals surface area (Å²) in [6.07, 6.45) is 7.90. The predicted octanol–water partition coefficient (Wildman–Crippen LogP) is 1.63. The number of furan rings is 1. The van der Waals surface area contributed by atoms with Crippen molar-refractivity contribution >= 4 is 17.1 Å². The summed E-state index contributed by atoms with van der Waals surface area (Å²) in [7, 11) is 0. The SMILES string of the molecule is O=C(C[S+]([O-])Cc1ccoc1)NCC(O)CCc1cc(CN2CCCC2)ccn1. The Bertz CT molecular complexity index is 750. The molecule has 7 nitrogen and oxygen atoms in total. The lowest BCUT2D eigenvalue weighted by atomic mass is 10.1. The number of carbonyl (C=O) groups is 1. The topological polar surface area (TPSA) is 102 Å². The minimum Gasteiger partial charge on any atom is -0.616 e. The van der Waals surface area contributed by atoms with E-state index in [9.17, 15) is 14.5 Å². The van der Waals surface area contributed by atoms with Gasteiger partial charge in [0, 0.05) is 30.5 Å². The fourth-order valence-corrected chi connectivity index (χ4v) is 4.45. The zero-order chi connectivity index (χ0) is 20.5. The van der Waals surface area contributed by atoms with Gasteiger partial charge >= 0.3 is 0 Å². The molecule has 1 aliphatic rings. The molecule has 0 radical (unpaired) electrons. The van der Waals surface area contributed by atoms with E-state index in [0.717, 1.165) is 30.9 Å². The maximum absolute atomic E-state index is 12.0. The molecule has 2 aromatic rings. The van der Waals surface area contributed by atoms with Gasteiger partial charge in [0.25, 0.3) is 5.91 Å². The number of hydrogen-bond donors (Lipinski definition) is 2. The molecule has 1 aliphatic heterocycles. The van der Waals surface area contributed by atoms with Gasteiger partial charge in [-0.25, -0.2) is 0 Å². The lowest BCUT2D eigenvalue weighted by Crippen LogP contribution is -2.36. The minimum atomic E-state index is -1.30. The van der Waals surface area contributed by atoms with Crippen LogP contribution in [0.15, 0.2) is 41.3 Å². The molecular weight excluding hydrogens is 390 g/mol. The van der Waals surface area contributed by atoms with Crippen LogP contribution in [0.1, 0.15) is 36.1 Å². The van der Waals surface area contributed by atoms with Crippen LogP contribution >= 0.6 is 0 Å². The molecular formula is C21H29N3O4S. The number of aliphatic hydroxyl groups is 1. The smallest absolute Gasteiger partial charge is 0.270 e. The molecule has 2 aromatic heterocycles. The van der Waals surface area contributed by atoms with E-state index in [1.807, 2.05) is 12.3 Å². The number of likely N-dealkylation sites (tertiary alicyclic amines) is 1. The molecule has 3 rings (SSSR count). The van der Waals surface area contributed by atoms with Crippen LogP contribution < -0.4 is 5.32 Å². The molecule has 158 valence electrons. The quantitative estimate of drug-likeness (QED) is 0.537. The summed E-state index contributed by atoms with van der Waals surface area (Å²) in [4.78, 5) is 18.7. The predicted molar refractivity (Wildman–Crippen MR) is 112 cm³/mol. The highest BCUT2D eigenvalue weighted by Gasteiger charge is 2.16. The molecule has 0 spiro atoms. The Labute approximate surface area is 174 Å². The van der Waals surface area contributed by atoms with Gasteiger partial charge in [0.1, 0.15) is 5.75 Å². The Kier molecular flexibility index (Phi) is 8.54. The molecule has 1 fully saturated rings. The number of aromatic nitrogens is 1. The summed E-state index contributed by atoms with van der Waals surface area (Å²) in [5.74, 6) is -0.124. The fraction of sp³-hybridized carbons (Fsp3) is 0.524. The van der Waals surface area contributed by atoms with Gasteiger partial charge < -0.3 is 19.4 Å². The van der Waals surface area contributed by atoms with Crippen molar-refractivity contribution in [2.45, 2.75) is 44.1 Å². The van der Waals surface area contributed by atoms with E-state index in [2.05, 4.69) is 21.3 Å². The van der Waals surface area contributed by atoms with Crippen molar-refractivity contribution in [3.63, 3.8) is 0 Å². The van der Waals surface area contributed by atoms with E-state index in [4.69, 9.17) is 4.42 Å². The summed E-state index contributed by atoms with van der Waals surface area (Å²) >= 11 is -1.30. The van der Waals surface area contributed by atoms with E-state index in [-0.39, 0.29) is 24.0 Å². The van der Waals surface area contributed by atoms with Crippen molar-refractivity contribution < 1.29 is 18.9 Å². The Morgan fingerprint density at radius 3 is 2.93 bits per heavy atom. The third kappa shape index (κ3) is 7.81. The highest BCUT2D eigenvalue weighted by Crippen LogP contribution is 2.14. The van der Waals surface area contributed by atoms with Crippen LogP contribution in [0.5, 0.6) is 0 Å². The summed E-state index contributed by atoms with van der Waals surface area (Å²) < 4.78 is 16.9. The number of nitrogens with one attached hydrogen (secondary N) is 1. The molecule has 8 heteroatoms. The number of amides is 1. The average molecular weight is 420 g/mol. The first-order chi connectivity index (χ1) is 14.1. The van der Waals surface area contributed by atoms with Gasteiger partial charge in [-0.15, -0.1) is 0 Å². The van der Waals surface area contributed by atoms with Crippen molar-refractivity contribution in [1.29, 1.82) is 0 Å². The van der Waals surface area contributed by atoms with Crippen LogP contribution in [0.3, 0.4) is 0 Å². The molecule has 0 aliphatic carbocycles. The van der Waals surface area contributed by atoms with Gasteiger partial charge in [-0.1, -0.05) is 0 Å². The van der Waals surface area contributed by atoms with Crippen LogP contribution in [0.4, 0.5) is 0 Å². The van der Waals surface area contributed by atoms with Crippen molar-refractivity contribution in [2.24, 2.45) is 0 Å². The van der Waals surface area contributed by atoms with Crippen molar-refractivity contribution in [1.82, 2.24) is 15.2 Å². The standard InChI is InChI=1S/C21H29N3O4S/c25-20(12-23-21(26)16-29(27)15-18-6-10-28-14-18)4-3-19-11-17(5-7-22-19)13-24-8-1-2-9-24/h5-7,10-11,14,20,25H,1-4,8-9,12-13,15-16H2,(H,23,26). The van der Waals surface area contributed by atoms with E-state index in [1.54, 1.807) is 6.07 Å². The Morgan fingerprint density at radius 1 is 1.34 bits per heavy atom. The van der Waals surface area contributed by atoms with Crippen LogP contribution in [0.25, 0.3) is 0 Å². The fourth-order valence-electron chi connectivity index (χ4n) is 3.42. The van der Waals surface area contributed by atoms with Crippen LogP contribution in [-0.2, 0) is 34.7 Å². The van der Waals surface area contributed by atoms with E-state index < -0.39 is 17.3 Å².